The van der Waals surface area contributed by atoms with Crippen LogP contribution in [0.3, 0.4) is 0 Å². The van der Waals surface area contributed by atoms with Crippen molar-refractivity contribution < 1.29 is 0 Å². The van der Waals surface area contributed by atoms with Gasteiger partial charge in [0.25, 0.3) is 0 Å². The van der Waals surface area contributed by atoms with Crippen LogP contribution in [0, 0.1) is 18.8 Å². The molecular formula is C18H29N. The van der Waals surface area contributed by atoms with Gasteiger partial charge in [0.1, 0.15) is 0 Å². The fourth-order valence-electron chi connectivity index (χ4n) is 1.51. The van der Waals surface area contributed by atoms with E-state index in [1.807, 2.05) is 31.5 Å². The molecule has 0 aliphatic rings. The molecule has 0 bridgehead atoms. The Labute approximate surface area is 119 Å². The second kappa shape index (κ2) is 10.5. The summed E-state index contributed by atoms with van der Waals surface area (Å²) in [6.07, 6.45) is 5.49. The van der Waals surface area contributed by atoms with Gasteiger partial charge >= 0.3 is 0 Å². The first-order chi connectivity index (χ1) is 9.01. The third-order valence-electron chi connectivity index (χ3n) is 3.01. The third kappa shape index (κ3) is 9.24. The number of aryl methyl sites for hydroxylation is 1. The van der Waals surface area contributed by atoms with Crippen molar-refractivity contribution >= 4 is 6.21 Å². The molecule has 0 aromatic heterocycles. The van der Waals surface area contributed by atoms with Crippen LogP contribution >= 0.6 is 0 Å². The highest BCUT2D eigenvalue weighted by molar-refractivity contribution is 5.78. The average molecular weight is 259 g/mol. The lowest BCUT2D eigenvalue weighted by atomic mass is 9.98. The Bertz CT molecular complexity index is 374. The van der Waals surface area contributed by atoms with E-state index in [2.05, 4.69) is 57.8 Å². The Morgan fingerprint density at radius 2 is 1.74 bits per heavy atom. The number of hydrogen-bond donors (Lipinski definition) is 0. The Morgan fingerprint density at radius 1 is 1.16 bits per heavy atom. The summed E-state index contributed by atoms with van der Waals surface area (Å²) >= 11 is 0. The minimum Gasteiger partial charge on any atom is -0.296 e. The predicted octanol–water partition coefficient (Wildman–Crippen LogP) is 5.31. The smallest absolute Gasteiger partial charge is 0.0277 e. The van der Waals surface area contributed by atoms with E-state index in [9.17, 15) is 0 Å². The molecule has 19 heavy (non-hydrogen) atoms. The lowest BCUT2D eigenvalue weighted by Crippen LogP contribution is -1.99. The molecule has 0 amide bonds. The van der Waals surface area contributed by atoms with Crippen LogP contribution in [0.1, 0.15) is 39.7 Å². The zero-order chi connectivity index (χ0) is 14.7. The minimum absolute atomic E-state index is 0.586. The first-order valence-electron chi connectivity index (χ1n) is 7.16. The molecular weight excluding hydrogens is 230 g/mol. The van der Waals surface area contributed by atoms with Crippen molar-refractivity contribution in [3.63, 3.8) is 0 Å². The van der Waals surface area contributed by atoms with Crippen molar-refractivity contribution in [1.29, 1.82) is 0 Å². The molecule has 1 nitrogen and oxygen atoms in total. The fraction of sp³-hybridized carbons (Fsp3) is 0.500. The van der Waals surface area contributed by atoms with E-state index in [0.29, 0.717) is 11.8 Å². The van der Waals surface area contributed by atoms with Gasteiger partial charge < -0.3 is 0 Å². The van der Waals surface area contributed by atoms with Gasteiger partial charge in [-0.3, -0.25) is 4.99 Å². The predicted molar refractivity (Wildman–Crippen MR) is 88.0 cm³/mol. The Balaban J connectivity index is 0.000000388. The number of nitrogens with zero attached hydrogens (tertiary/aromatic N) is 1. The van der Waals surface area contributed by atoms with Gasteiger partial charge in [0.05, 0.1) is 0 Å². The summed E-state index contributed by atoms with van der Waals surface area (Å²) in [5.74, 6) is 1.25. The van der Waals surface area contributed by atoms with E-state index in [4.69, 9.17) is 0 Å². The first kappa shape index (κ1) is 17.6. The second-order valence-electron chi connectivity index (χ2n) is 5.25. The van der Waals surface area contributed by atoms with Gasteiger partial charge in [-0.05, 0) is 24.3 Å². The summed E-state index contributed by atoms with van der Waals surface area (Å²) in [5, 5.41) is 0. The molecule has 0 radical (unpaired) electrons. The molecule has 1 atom stereocenters. The van der Waals surface area contributed by atoms with Crippen LogP contribution in [0.2, 0.25) is 0 Å². The molecule has 106 valence electrons. The highest BCUT2D eigenvalue weighted by Gasteiger charge is 2.01. The zero-order valence-corrected chi connectivity index (χ0v) is 13.4. The van der Waals surface area contributed by atoms with E-state index in [1.54, 1.807) is 0 Å². The van der Waals surface area contributed by atoms with Crippen LogP contribution in [0.15, 0.2) is 47.0 Å². The quantitative estimate of drug-likeness (QED) is 0.650. The van der Waals surface area contributed by atoms with Crippen LogP contribution in [-0.4, -0.2) is 13.3 Å². The summed E-state index contributed by atoms with van der Waals surface area (Å²) < 4.78 is 0. The highest BCUT2D eigenvalue weighted by atomic mass is 14.6. The van der Waals surface area contributed by atoms with Crippen LogP contribution in [-0.2, 0) is 0 Å². The molecule has 0 N–H and O–H groups in total. The maximum Gasteiger partial charge on any atom is 0.0277 e. The van der Waals surface area contributed by atoms with Gasteiger partial charge in [-0.1, -0.05) is 76.1 Å². The molecule has 1 unspecified atom stereocenters. The third-order valence-corrected chi connectivity index (χ3v) is 3.01. The van der Waals surface area contributed by atoms with E-state index in [0.717, 1.165) is 0 Å². The Kier molecular flexibility index (Phi) is 9.78. The van der Waals surface area contributed by atoms with Crippen molar-refractivity contribution in [1.82, 2.24) is 0 Å². The number of hydrogen-bond acceptors (Lipinski definition) is 1. The van der Waals surface area contributed by atoms with Gasteiger partial charge in [-0.2, -0.15) is 0 Å². The molecule has 1 aromatic carbocycles. The fourth-order valence-corrected chi connectivity index (χ4v) is 1.51. The zero-order valence-electron chi connectivity index (χ0n) is 13.4. The normalized spacial score (nSPS) is 13.3. The number of aliphatic imine (C=N–C) groups is 1. The number of allylic oxidation sites excluding steroid dienone is 2. The molecule has 0 saturated heterocycles. The van der Waals surface area contributed by atoms with Crippen molar-refractivity contribution in [2.75, 3.05) is 7.05 Å². The highest BCUT2D eigenvalue weighted by Crippen LogP contribution is 2.12. The molecule has 0 heterocycles. The lowest BCUT2D eigenvalue weighted by molar-refractivity contribution is 0.679. The average Bonchev–Trinajstić information content (AvgIpc) is 2.39. The van der Waals surface area contributed by atoms with Gasteiger partial charge in [-0.25, -0.2) is 0 Å². The van der Waals surface area contributed by atoms with Crippen LogP contribution < -0.4 is 0 Å². The maximum absolute atomic E-state index is 4.05. The van der Waals surface area contributed by atoms with Crippen molar-refractivity contribution in [3.05, 3.63) is 47.5 Å². The lowest BCUT2D eigenvalue weighted by Gasteiger charge is -2.08. The Morgan fingerprint density at radius 3 is 2.05 bits per heavy atom. The van der Waals surface area contributed by atoms with Gasteiger partial charge in [-0.15, -0.1) is 0 Å². The molecule has 0 aliphatic heterocycles. The Hall–Kier alpha value is -1.37. The largest absolute Gasteiger partial charge is 0.296 e. The number of rotatable bonds is 4. The SMILES string of the molecule is CCC(C)/C=C(\C=NC)C(C)C.Cc1ccccc1. The number of benzene rings is 1. The van der Waals surface area contributed by atoms with Gasteiger partial charge in [0.15, 0.2) is 0 Å². The summed E-state index contributed by atoms with van der Waals surface area (Å²) in [5.41, 5.74) is 2.68. The first-order valence-corrected chi connectivity index (χ1v) is 7.16. The van der Waals surface area contributed by atoms with Crippen LogP contribution in [0.4, 0.5) is 0 Å². The molecule has 0 fully saturated rings. The summed E-state index contributed by atoms with van der Waals surface area (Å²) in [7, 11) is 1.83. The van der Waals surface area contributed by atoms with Crippen LogP contribution in [0.25, 0.3) is 0 Å². The van der Waals surface area contributed by atoms with Crippen molar-refractivity contribution in [3.8, 4) is 0 Å². The van der Waals surface area contributed by atoms with Gasteiger partial charge in [0.2, 0.25) is 0 Å². The van der Waals surface area contributed by atoms with Crippen molar-refractivity contribution in [2.45, 2.75) is 41.0 Å². The topological polar surface area (TPSA) is 12.4 Å². The minimum atomic E-state index is 0.586. The molecule has 0 aliphatic carbocycles. The van der Waals surface area contributed by atoms with E-state index >= 15 is 0 Å². The monoisotopic (exact) mass is 259 g/mol. The van der Waals surface area contributed by atoms with Gasteiger partial charge in [0, 0.05) is 13.3 Å². The van der Waals surface area contributed by atoms with E-state index < -0.39 is 0 Å². The summed E-state index contributed by atoms with van der Waals surface area (Å²) in [6, 6.07) is 10.3. The van der Waals surface area contributed by atoms with E-state index in [-0.39, 0.29) is 0 Å². The van der Waals surface area contributed by atoms with Crippen molar-refractivity contribution in [2.24, 2.45) is 16.8 Å². The maximum atomic E-state index is 4.05. The molecule has 1 rings (SSSR count). The van der Waals surface area contributed by atoms with E-state index in [1.165, 1.54) is 17.6 Å². The molecule has 0 saturated carbocycles. The molecule has 0 spiro atoms. The standard InChI is InChI=1S/C11H21N.C7H8/c1-6-10(4)7-11(8-12-5)9(2)3;1-7-5-3-2-4-6-7/h7-10H,6H2,1-5H3;2-6H,1H3/b11-7+,12-8?;. The summed E-state index contributed by atoms with van der Waals surface area (Å²) in [4.78, 5) is 4.05. The summed E-state index contributed by atoms with van der Waals surface area (Å²) in [6.45, 7) is 10.9. The second-order valence-corrected chi connectivity index (χ2v) is 5.25. The molecule has 1 heteroatoms. The van der Waals surface area contributed by atoms with Crippen LogP contribution in [0.5, 0.6) is 0 Å². The molecule has 1 aromatic rings.